The number of benzene rings is 2. The second kappa shape index (κ2) is 5.93. The highest BCUT2D eigenvalue weighted by Crippen LogP contribution is 2.17. The molecule has 0 heterocycles. The van der Waals surface area contributed by atoms with Gasteiger partial charge in [-0.2, -0.15) is 0 Å². The molecule has 0 fully saturated rings. The molecule has 0 aliphatic rings. The number of nitro benzene ring substituents is 1. The van der Waals surface area contributed by atoms with Crippen LogP contribution in [-0.4, -0.2) is 10.7 Å². The smallest absolute Gasteiger partial charge is 0.270 e. The fourth-order valence-electron chi connectivity index (χ4n) is 1.85. The van der Waals surface area contributed by atoms with Gasteiger partial charge in [0, 0.05) is 17.7 Å². The van der Waals surface area contributed by atoms with Crippen LogP contribution in [0.5, 0.6) is 0 Å². The molecule has 0 aromatic heterocycles. The van der Waals surface area contributed by atoms with Crippen molar-refractivity contribution in [3.8, 4) is 0 Å². The van der Waals surface area contributed by atoms with Crippen molar-refractivity contribution in [1.29, 1.82) is 0 Å². The van der Waals surface area contributed by atoms with Gasteiger partial charge in [0.2, 0.25) is 0 Å². The summed E-state index contributed by atoms with van der Waals surface area (Å²) in [6.07, 6.45) is 1.77. The molecule has 0 atom stereocenters. The molecule has 0 radical (unpaired) electrons. The first-order valence-corrected chi connectivity index (χ1v) is 6.10. The van der Waals surface area contributed by atoms with Crippen molar-refractivity contribution in [1.82, 2.24) is 0 Å². The molecular weight excluding hydrogens is 254 g/mol. The average molecular weight is 267 g/mol. The van der Waals surface area contributed by atoms with Crippen molar-refractivity contribution in [2.24, 2.45) is 0 Å². The molecule has 100 valence electrons. The number of non-ortho nitro benzene ring substituents is 1. The summed E-state index contributed by atoms with van der Waals surface area (Å²) in [5, 5.41) is 10.7. The van der Waals surface area contributed by atoms with E-state index in [-0.39, 0.29) is 11.5 Å². The zero-order chi connectivity index (χ0) is 14.5. The Balaban J connectivity index is 2.29. The van der Waals surface area contributed by atoms with Crippen LogP contribution in [0.15, 0.2) is 60.2 Å². The highest BCUT2D eigenvalue weighted by atomic mass is 16.6. The molecule has 0 amide bonds. The van der Waals surface area contributed by atoms with E-state index in [4.69, 9.17) is 0 Å². The summed E-state index contributed by atoms with van der Waals surface area (Å²) in [4.78, 5) is 22.4. The molecule has 2 aromatic rings. The van der Waals surface area contributed by atoms with E-state index >= 15 is 0 Å². The lowest BCUT2D eigenvalue weighted by Gasteiger charge is -2.02. The summed E-state index contributed by atoms with van der Waals surface area (Å²) < 4.78 is 0. The lowest BCUT2D eigenvalue weighted by Crippen LogP contribution is -2.01. The van der Waals surface area contributed by atoms with Crippen LogP contribution in [0.1, 0.15) is 22.8 Å². The third-order valence-corrected chi connectivity index (χ3v) is 2.86. The minimum Gasteiger partial charge on any atom is -0.289 e. The first-order valence-electron chi connectivity index (χ1n) is 6.10. The molecule has 0 spiro atoms. The molecule has 0 saturated heterocycles. The molecule has 4 heteroatoms. The van der Waals surface area contributed by atoms with Crippen molar-refractivity contribution in [3.05, 3.63) is 81.4 Å². The Kier molecular flexibility index (Phi) is 4.05. The van der Waals surface area contributed by atoms with Gasteiger partial charge in [-0.3, -0.25) is 14.9 Å². The van der Waals surface area contributed by atoms with E-state index < -0.39 is 4.92 Å². The SMILES string of the molecule is CC(=Cc1ccccc1)C(=O)c1cccc([N+](=O)[O-])c1. The number of allylic oxidation sites excluding steroid dienone is 1. The maximum absolute atomic E-state index is 12.2. The number of carbonyl (C=O) groups excluding carboxylic acids is 1. The van der Waals surface area contributed by atoms with Gasteiger partial charge in [0.1, 0.15) is 0 Å². The molecule has 0 aliphatic heterocycles. The van der Waals surface area contributed by atoms with Crippen molar-refractivity contribution in [2.45, 2.75) is 6.92 Å². The van der Waals surface area contributed by atoms with Crippen LogP contribution < -0.4 is 0 Å². The minimum absolute atomic E-state index is 0.0802. The van der Waals surface area contributed by atoms with Gasteiger partial charge in [0.25, 0.3) is 5.69 Å². The average Bonchev–Trinajstić information content (AvgIpc) is 2.47. The lowest BCUT2D eigenvalue weighted by atomic mass is 10.0. The minimum atomic E-state index is -0.507. The molecule has 0 bridgehead atoms. The first-order chi connectivity index (χ1) is 9.58. The van der Waals surface area contributed by atoms with Crippen LogP contribution >= 0.6 is 0 Å². The highest BCUT2D eigenvalue weighted by Gasteiger charge is 2.12. The van der Waals surface area contributed by atoms with Gasteiger partial charge in [0.05, 0.1) is 4.92 Å². The quantitative estimate of drug-likeness (QED) is 0.365. The Morgan fingerprint density at radius 3 is 2.45 bits per heavy atom. The summed E-state index contributed by atoms with van der Waals surface area (Å²) in [6.45, 7) is 1.70. The zero-order valence-corrected chi connectivity index (χ0v) is 10.9. The monoisotopic (exact) mass is 267 g/mol. The van der Waals surface area contributed by atoms with E-state index in [9.17, 15) is 14.9 Å². The van der Waals surface area contributed by atoms with E-state index in [1.807, 2.05) is 30.3 Å². The summed E-state index contributed by atoms with van der Waals surface area (Å²) in [5.74, 6) is -0.211. The first kappa shape index (κ1) is 13.7. The standard InChI is InChI=1S/C16H13NO3/c1-12(10-13-6-3-2-4-7-13)16(18)14-8-5-9-15(11-14)17(19)20/h2-11H,1H3. The van der Waals surface area contributed by atoms with E-state index in [0.29, 0.717) is 11.1 Å². The second-order valence-electron chi connectivity index (χ2n) is 4.37. The largest absolute Gasteiger partial charge is 0.289 e. The Labute approximate surface area is 116 Å². The predicted molar refractivity (Wildman–Crippen MR) is 77.5 cm³/mol. The van der Waals surface area contributed by atoms with Gasteiger partial charge < -0.3 is 0 Å². The molecule has 0 N–H and O–H groups in total. The molecular formula is C16H13NO3. The number of ketones is 1. The Morgan fingerprint density at radius 1 is 1.10 bits per heavy atom. The molecule has 2 rings (SSSR count). The summed E-state index contributed by atoms with van der Waals surface area (Å²) in [5.41, 5.74) is 1.70. The second-order valence-corrected chi connectivity index (χ2v) is 4.37. The number of hydrogen-bond acceptors (Lipinski definition) is 3. The number of hydrogen-bond donors (Lipinski definition) is 0. The number of Topliss-reactive ketones (excluding diaryl/α,β-unsaturated/α-hetero) is 1. The molecule has 4 nitrogen and oxygen atoms in total. The van der Waals surface area contributed by atoms with Gasteiger partial charge in [-0.15, -0.1) is 0 Å². The maximum atomic E-state index is 12.2. The molecule has 2 aromatic carbocycles. The van der Waals surface area contributed by atoms with Crippen molar-refractivity contribution in [2.75, 3.05) is 0 Å². The predicted octanol–water partition coefficient (Wildman–Crippen LogP) is 3.88. The van der Waals surface area contributed by atoms with Crippen LogP contribution in [-0.2, 0) is 0 Å². The van der Waals surface area contributed by atoms with Crippen molar-refractivity contribution >= 4 is 17.5 Å². The number of nitro groups is 1. The maximum Gasteiger partial charge on any atom is 0.270 e. The Hall–Kier alpha value is -2.75. The topological polar surface area (TPSA) is 60.2 Å². The zero-order valence-electron chi connectivity index (χ0n) is 10.9. The van der Waals surface area contributed by atoms with Crippen LogP contribution in [0.25, 0.3) is 6.08 Å². The van der Waals surface area contributed by atoms with Gasteiger partial charge in [-0.05, 0) is 24.1 Å². The van der Waals surface area contributed by atoms with Crippen molar-refractivity contribution < 1.29 is 9.72 Å². The number of rotatable bonds is 4. The van der Waals surface area contributed by atoms with Crippen molar-refractivity contribution in [3.63, 3.8) is 0 Å². The van der Waals surface area contributed by atoms with Gasteiger partial charge in [-0.1, -0.05) is 42.5 Å². The lowest BCUT2D eigenvalue weighted by molar-refractivity contribution is -0.384. The normalized spacial score (nSPS) is 11.2. The molecule has 0 aliphatic carbocycles. The van der Waals surface area contributed by atoms with E-state index in [2.05, 4.69) is 0 Å². The van der Waals surface area contributed by atoms with E-state index in [1.165, 1.54) is 18.2 Å². The van der Waals surface area contributed by atoms with E-state index in [0.717, 1.165) is 5.56 Å². The Morgan fingerprint density at radius 2 is 1.80 bits per heavy atom. The van der Waals surface area contributed by atoms with E-state index in [1.54, 1.807) is 19.1 Å². The van der Waals surface area contributed by atoms with Gasteiger partial charge in [0.15, 0.2) is 5.78 Å². The third kappa shape index (κ3) is 3.17. The number of nitrogens with zero attached hydrogens (tertiary/aromatic N) is 1. The fraction of sp³-hybridized carbons (Fsp3) is 0.0625. The summed E-state index contributed by atoms with van der Waals surface area (Å²) in [7, 11) is 0. The molecule has 0 saturated carbocycles. The fourth-order valence-corrected chi connectivity index (χ4v) is 1.85. The summed E-state index contributed by atoms with van der Waals surface area (Å²) in [6, 6.07) is 15.2. The van der Waals surface area contributed by atoms with Crippen LogP contribution in [0.2, 0.25) is 0 Å². The molecule has 0 unspecified atom stereocenters. The molecule has 20 heavy (non-hydrogen) atoms. The van der Waals surface area contributed by atoms with Crippen LogP contribution in [0.3, 0.4) is 0 Å². The van der Waals surface area contributed by atoms with Gasteiger partial charge >= 0.3 is 0 Å². The number of carbonyl (C=O) groups is 1. The van der Waals surface area contributed by atoms with Crippen LogP contribution in [0, 0.1) is 10.1 Å². The Bertz CT molecular complexity index is 675. The van der Waals surface area contributed by atoms with Gasteiger partial charge in [-0.25, -0.2) is 0 Å². The van der Waals surface area contributed by atoms with Crippen LogP contribution in [0.4, 0.5) is 5.69 Å². The third-order valence-electron chi connectivity index (χ3n) is 2.86. The summed E-state index contributed by atoms with van der Waals surface area (Å²) >= 11 is 0. The highest BCUT2D eigenvalue weighted by molar-refractivity contribution is 6.11.